The molecule has 2 rings (SSSR count). The maximum absolute atomic E-state index is 12.3. The molecule has 156 valence electrons. The fourth-order valence-corrected chi connectivity index (χ4v) is 2.94. The molecule has 0 spiro atoms. The highest BCUT2D eigenvalue weighted by molar-refractivity contribution is 6.38. The second kappa shape index (κ2) is 9.11. The molecule has 0 atom stereocenters. The van der Waals surface area contributed by atoms with Crippen LogP contribution < -0.4 is 14.2 Å². The zero-order chi connectivity index (χ0) is 21.9. The van der Waals surface area contributed by atoms with E-state index in [9.17, 15) is 14.7 Å². The van der Waals surface area contributed by atoms with Gasteiger partial charge < -0.3 is 28.8 Å². The first-order valence-electron chi connectivity index (χ1n) is 8.02. The maximum Gasteiger partial charge on any atom is 0.345 e. The predicted octanol–water partition coefficient (Wildman–Crippen LogP) is 4.39. The van der Waals surface area contributed by atoms with Crippen molar-refractivity contribution in [3.05, 3.63) is 38.9 Å². The third kappa shape index (κ3) is 4.13. The summed E-state index contributed by atoms with van der Waals surface area (Å²) in [5, 5.41) is 10.2. The fraction of sp³-hybridized carbons (Fsp3) is 0.263. The number of benzene rings is 2. The number of halogens is 2. The molecule has 2 aromatic carbocycles. The van der Waals surface area contributed by atoms with Gasteiger partial charge in [0.15, 0.2) is 23.0 Å². The number of phenols is 1. The average Bonchev–Trinajstić information content (AvgIpc) is 2.74. The van der Waals surface area contributed by atoms with Crippen molar-refractivity contribution < 1.29 is 38.4 Å². The van der Waals surface area contributed by atoms with E-state index in [1.807, 2.05) is 0 Å². The van der Waals surface area contributed by atoms with E-state index in [0.717, 1.165) is 7.11 Å². The quantitative estimate of drug-likeness (QED) is 0.654. The van der Waals surface area contributed by atoms with Crippen LogP contribution in [0.3, 0.4) is 0 Å². The molecule has 10 heteroatoms. The Balaban J connectivity index is 2.83. The summed E-state index contributed by atoms with van der Waals surface area (Å²) in [6.45, 7) is 1.52. The van der Waals surface area contributed by atoms with Gasteiger partial charge >= 0.3 is 11.9 Å². The number of methoxy groups -OCH3 is 4. The number of carbonyl (C=O) groups is 2. The molecule has 8 nitrogen and oxygen atoms in total. The minimum Gasteiger partial charge on any atom is -0.505 e. The fourth-order valence-electron chi connectivity index (χ4n) is 2.47. The lowest BCUT2D eigenvalue weighted by Crippen LogP contribution is -2.09. The molecule has 0 saturated heterocycles. The van der Waals surface area contributed by atoms with Gasteiger partial charge in [-0.3, -0.25) is 0 Å². The average molecular weight is 445 g/mol. The standard InChI is InChI=1S/C19H18Cl2O8/c1-8-13(20)15(22)12(19(24)28-5)17(14(8)21)29-16-10(18(23)27-4)6-9(25-2)7-11(16)26-3/h6-7,22H,1-5H3. The first-order valence-corrected chi connectivity index (χ1v) is 8.78. The van der Waals surface area contributed by atoms with Crippen molar-refractivity contribution in [1.82, 2.24) is 0 Å². The Hall–Kier alpha value is -2.84. The first-order chi connectivity index (χ1) is 13.7. The molecule has 2 aromatic rings. The Bertz CT molecular complexity index is 972. The van der Waals surface area contributed by atoms with Crippen LogP contribution in [-0.4, -0.2) is 45.5 Å². The van der Waals surface area contributed by atoms with E-state index < -0.39 is 23.3 Å². The van der Waals surface area contributed by atoms with E-state index in [-0.39, 0.29) is 38.4 Å². The number of aromatic hydroxyl groups is 1. The lowest BCUT2D eigenvalue weighted by Gasteiger charge is -2.19. The summed E-state index contributed by atoms with van der Waals surface area (Å²) in [5.41, 5.74) is -0.231. The van der Waals surface area contributed by atoms with Crippen LogP contribution in [0.25, 0.3) is 0 Å². The van der Waals surface area contributed by atoms with Crippen molar-refractivity contribution in [3.63, 3.8) is 0 Å². The summed E-state index contributed by atoms with van der Waals surface area (Å²) in [5.74, 6) is -2.30. The normalized spacial score (nSPS) is 10.3. The predicted molar refractivity (Wildman–Crippen MR) is 105 cm³/mol. The van der Waals surface area contributed by atoms with Gasteiger partial charge in [-0.05, 0) is 18.6 Å². The molecule has 0 fully saturated rings. The monoisotopic (exact) mass is 444 g/mol. The van der Waals surface area contributed by atoms with Crippen molar-refractivity contribution in [2.75, 3.05) is 28.4 Å². The largest absolute Gasteiger partial charge is 0.505 e. The van der Waals surface area contributed by atoms with Gasteiger partial charge in [0.1, 0.15) is 16.9 Å². The Labute approximate surface area is 176 Å². The summed E-state index contributed by atoms with van der Waals surface area (Å²) < 4.78 is 25.7. The summed E-state index contributed by atoms with van der Waals surface area (Å²) in [7, 11) is 5.05. The van der Waals surface area contributed by atoms with Gasteiger partial charge in [-0.25, -0.2) is 9.59 Å². The van der Waals surface area contributed by atoms with Crippen LogP contribution in [0.2, 0.25) is 10.0 Å². The Morgan fingerprint density at radius 2 is 1.52 bits per heavy atom. The number of rotatable bonds is 6. The van der Waals surface area contributed by atoms with Crippen LogP contribution in [-0.2, 0) is 9.47 Å². The lowest BCUT2D eigenvalue weighted by molar-refractivity contribution is 0.0591. The van der Waals surface area contributed by atoms with Crippen LogP contribution in [0.1, 0.15) is 26.3 Å². The Kier molecular flexibility index (Phi) is 7.05. The summed E-state index contributed by atoms with van der Waals surface area (Å²) >= 11 is 12.4. The number of esters is 2. The van der Waals surface area contributed by atoms with Gasteiger partial charge in [-0.15, -0.1) is 0 Å². The molecule has 1 N–H and O–H groups in total. The summed E-state index contributed by atoms with van der Waals surface area (Å²) in [6, 6.07) is 2.81. The molecule has 0 unspecified atom stereocenters. The number of ether oxygens (including phenoxy) is 5. The maximum atomic E-state index is 12.3. The molecule has 0 amide bonds. The highest BCUT2D eigenvalue weighted by Crippen LogP contribution is 2.48. The van der Waals surface area contributed by atoms with Crippen LogP contribution in [0.5, 0.6) is 28.7 Å². The van der Waals surface area contributed by atoms with E-state index in [1.165, 1.54) is 40.4 Å². The van der Waals surface area contributed by atoms with Crippen LogP contribution in [0, 0.1) is 6.92 Å². The molecule has 0 aliphatic heterocycles. The smallest absolute Gasteiger partial charge is 0.345 e. The second-order valence-electron chi connectivity index (χ2n) is 5.60. The molecule has 0 heterocycles. The van der Waals surface area contributed by atoms with Gasteiger partial charge in [0, 0.05) is 6.07 Å². The van der Waals surface area contributed by atoms with E-state index in [4.69, 9.17) is 46.9 Å². The van der Waals surface area contributed by atoms with Gasteiger partial charge in [-0.2, -0.15) is 0 Å². The van der Waals surface area contributed by atoms with Crippen molar-refractivity contribution >= 4 is 35.1 Å². The van der Waals surface area contributed by atoms with Crippen LogP contribution in [0.4, 0.5) is 0 Å². The van der Waals surface area contributed by atoms with Gasteiger partial charge in [0.25, 0.3) is 0 Å². The first kappa shape index (κ1) is 22.4. The number of hydrogen-bond donors (Lipinski definition) is 1. The zero-order valence-electron chi connectivity index (χ0n) is 16.2. The van der Waals surface area contributed by atoms with Crippen molar-refractivity contribution in [1.29, 1.82) is 0 Å². The summed E-state index contributed by atoms with van der Waals surface area (Å²) in [4.78, 5) is 24.6. The highest BCUT2D eigenvalue weighted by atomic mass is 35.5. The van der Waals surface area contributed by atoms with Crippen LogP contribution >= 0.6 is 23.2 Å². The third-order valence-electron chi connectivity index (χ3n) is 4.01. The second-order valence-corrected chi connectivity index (χ2v) is 6.35. The van der Waals surface area contributed by atoms with E-state index in [2.05, 4.69) is 0 Å². The molecule has 0 aliphatic carbocycles. The van der Waals surface area contributed by atoms with E-state index in [0.29, 0.717) is 5.75 Å². The van der Waals surface area contributed by atoms with Crippen molar-refractivity contribution in [2.24, 2.45) is 0 Å². The SMILES string of the molecule is COC(=O)c1cc(OC)cc(OC)c1Oc1c(Cl)c(C)c(Cl)c(O)c1C(=O)OC. The van der Waals surface area contributed by atoms with E-state index in [1.54, 1.807) is 0 Å². The molecule has 29 heavy (non-hydrogen) atoms. The van der Waals surface area contributed by atoms with Gasteiger partial charge in [-0.1, -0.05) is 23.2 Å². The minimum atomic E-state index is -0.951. The van der Waals surface area contributed by atoms with Gasteiger partial charge in [0.2, 0.25) is 0 Å². The highest BCUT2D eigenvalue weighted by Gasteiger charge is 2.30. The van der Waals surface area contributed by atoms with Crippen molar-refractivity contribution in [2.45, 2.75) is 6.92 Å². The zero-order valence-corrected chi connectivity index (χ0v) is 17.7. The molecule has 0 saturated carbocycles. The molecule has 0 bridgehead atoms. The number of carbonyl (C=O) groups excluding carboxylic acids is 2. The van der Waals surface area contributed by atoms with Crippen LogP contribution in [0.15, 0.2) is 12.1 Å². The molecule has 0 aliphatic rings. The minimum absolute atomic E-state index is 0.0670. The van der Waals surface area contributed by atoms with Crippen molar-refractivity contribution in [3.8, 4) is 28.7 Å². The van der Waals surface area contributed by atoms with Gasteiger partial charge in [0.05, 0.1) is 38.5 Å². The lowest BCUT2D eigenvalue weighted by atomic mass is 10.1. The molecular formula is C19H18Cl2O8. The Morgan fingerprint density at radius 3 is 2.03 bits per heavy atom. The Morgan fingerprint density at radius 1 is 0.897 bits per heavy atom. The molecule has 0 radical (unpaired) electrons. The number of hydrogen-bond acceptors (Lipinski definition) is 8. The molecule has 0 aromatic heterocycles. The topological polar surface area (TPSA) is 101 Å². The molecular weight excluding hydrogens is 427 g/mol. The summed E-state index contributed by atoms with van der Waals surface area (Å²) in [6.07, 6.45) is 0. The van der Waals surface area contributed by atoms with E-state index >= 15 is 0 Å². The third-order valence-corrected chi connectivity index (χ3v) is 4.93. The number of phenolic OH excluding ortho intramolecular Hbond substituents is 1.